The molecular formula is C20H16BrCl2FN2O4S. The first-order chi connectivity index (χ1) is 14.2. The summed E-state index contributed by atoms with van der Waals surface area (Å²) in [5, 5.41) is 12.8. The van der Waals surface area contributed by atoms with Gasteiger partial charge in [-0.05, 0) is 30.3 Å². The molecule has 164 valence electrons. The number of rotatable bonds is 7. The summed E-state index contributed by atoms with van der Waals surface area (Å²) in [4.78, 5) is 3.59. The van der Waals surface area contributed by atoms with Crippen molar-refractivity contribution in [2.24, 2.45) is 4.99 Å². The first kappa shape index (κ1) is 25.1. The zero-order valence-corrected chi connectivity index (χ0v) is 19.8. The molecule has 0 bridgehead atoms. The van der Waals surface area contributed by atoms with Gasteiger partial charge in [0.25, 0.3) is 0 Å². The third kappa shape index (κ3) is 7.46. The minimum Gasteiger partial charge on any atom is -0.859 e. The fourth-order valence-electron chi connectivity index (χ4n) is 2.53. The first-order valence-corrected chi connectivity index (χ1v) is 10.7. The summed E-state index contributed by atoms with van der Waals surface area (Å²) >= 11 is 11.7. The van der Waals surface area contributed by atoms with Gasteiger partial charge < -0.3 is 9.84 Å². The first-order valence-electron chi connectivity index (χ1n) is 8.56. The summed E-state index contributed by atoms with van der Waals surface area (Å²) in [6.07, 6.45) is 3.41. The number of pyridine rings is 1. The number of benzene rings is 2. The Morgan fingerprint density at radius 3 is 2.45 bits per heavy atom. The third-order valence-electron chi connectivity index (χ3n) is 3.92. The van der Waals surface area contributed by atoms with Crippen LogP contribution in [0.5, 0.6) is 5.75 Å². The van der Waals surface area contributed by atoms with Gasteiger partial charge in [-0.2, -0.15) is 13.0 Å². The quantitative estimate of drug-likeness (QED) is 0.193. The van der Waals surface area contributed by atoms with Crippen molar-refractivity contribution in [2.75, 3.05) is 6.61 Å². The van der Waals surface area contributed by atoms with Crippen LogP contribution in [0.2, 0.25) is 10.0 Å². The van der Waals surface area contributed by atoms with E-state index >= 15 is 0 Å². The standard InChI is InChI=1S/C20H15Cl2FN2O4S.BrH/c21-18-8-5-16(10-19(18)22)29-13-20(26)24-15-2-1-9-25(12-15)11-14-3-6-17(7-4-14)30(23,27)28;/h1-10,12H,11,13H2;1H. The number of hydrogen-bond acceptors (Lipinski definition) is 5. The van der Waals surface area contributed by atoms with Gasteiger partial charge in [0.2, 0.25) is 0 Å². The number of nitrogens with zero attached hydrogens (tertiary/aromatic N) is 2. The summed E-state index contributed by atoms with van der Waals surface area (Å²) in [5.41, 5.74) is 1.17. The molecule has 1 heterocycles. The van der Waals surface area contributed by atoms with Crippen LogP contribution in [-0.2, 0) is 16.8 Å². The maximum Gasteiger partial charge on any atom is 0.332 e. The molecule has 0 fully saturated rings. The molecule has 0 aliphatic rings. The highest BCUT2D eigenvalue weighted by molar-refractivity contribution is 8.93. The number of hydrogen-bond donors (Lipinski definition) is 0. The molecule has 0 radical (unpaired) electrons. The Balaban J connectivity index is 0.00000341. The van der Waals surface area contributed by atoms with Crippen molar-refractivity contribution >= 4 is 62.0 Å². The van der Waals surface area contributed by atoms with Crippen molar-refractivity contribution in [3.63, 3.8) is 0 Å². The van der Waals surface area contributed by atoms with Gasteiger partial charge >= 0.3 is 10.2 Å². The SMILES string of the molecule is Br.O=S(=O)(F)c1ccc(C[n+]2cccc(N=C([O-])COc3ccc(Cl)c(Cl)c3)c2)cc1. The second-order valence-corrected chi connectivity index (χ2v) is 8.35. The van der Waals surface area contributed by atoms with Crippen LogP contribution in [0.15, 0.2) is 76.9 Å². The van der Waals surface area contributed by atoms with Gasteiger partial charge in [-0.3, -0.25) is 4.99 Å². The molecule has 3 rings (SSSR count). The molecule has 0 saturated heterocycles. The van der Waals surface area contributed by atoms with Crippen LogP contribution >= 0.6 is 40.2 Å². The lowest BCUT2D eigenvalue weighted by Crippen LogP contribution is -2.33. The second-order valence-electron chi connectivity index (χ2n) is 6.19. The van der Waals surface area contributed by atoms with E-state index in [0.29, 0.717) is 28.0 Å². The van der Waals surface area contributed by atoms with Gasteiger partial charge in [0.1, 0.15) is 18.0 Å². The maximum atomic E-state index is 13.0. The molecule has 0 unspecified atom stereocenters. The minimum atomic E-state index is -4.73. The van der Waals surface area contributed by atoms with Crippen molar-refractivity contribution in [2.45, 2.75) is 11.4 Å². The Hall–Kier alpha value is -2.20. The van der Waals surface area contributed by atoms with E-state index in [-0.39, 0.29) is 23.6 Å². The summed E-state index contributed by atoms with van der Waals surface area (Å²) in [6.45, 7) is 0.107. The zero-order chi connectivity index (χ0) is 21.7. The molecule has 3 aromatic rings. The molecule has 1 aromatic heterocycles. The number of ether oxygens (including phenoxy) is 1. The van der Waals surface area contributed by atoms with Crippen molar-refractivity contribution in [3.05, 3.63) is 82.6 Å². The zero-order valence-electron chi connectivity index (χ0n) is 15.7. The Morgan fingerprint density at radius 1 is 1.10 bits per heavy atom. The minimum absolute atomic E-state index is 0. The van der Waals surface area contributed by atoms with Crippen molar-refractivity contribution in [3.8, 4) is 5.75 Å². The van der Waals surface area contributed by atoms with Crippen LogP contribution in [0.1, 0.15) is 5.56 Å². The topological polar surface area (TPSA) is 82.7 Å². The smallest absolute Gasteiger partial charge is 0.332 e. The van der Waals surface area contributed by atoms with Crippen LogP contribution in [-0.4, -0.2) is 20.9 Å². The van der Waals surface area contributed by atoms with E-state index in [1.54, 1.807) is 41.2 Å². The molecule has 0 N–H and O–H groups in total. The lowest BCUT2D eigenvalue weighted by molar-refractivity contribution is -0.687. The average molecular weight is 550 g/mol. The van der Waals surface area contributed by atoms with Gasteiger partial charge in [-0.25, -0.2) is 0 Å². The van der Waals surface area contributed by atoms with Gasteiger partial charge in [0.15, 0.2) is 18.9 Å². The van der Waals surface area contributed by atoms with E-state index in [2.05, 4.69) is 4.99 Å². The summed E-state index contributed by atoms with van der Waals surface area (Å²) in [6, 6.07) is 13.5. The molecule has 0 amide bonds. The Labute approximate surface area is 199 Å². The highest BCUT2D eigenvalue weighted by atomic mass is 79.9. The predicted octanol–water partition coefficient (Wildman–Crippen LogP) is 4.03. The predicted molar refractivity (Wildman–Crippen MR) is 120 cm³/mol. The van der Waals surface area contributed by atoms with E-state index in [1.165, 1.54) is 30.3 Å². The fraction of sp³-hybridized carbons (Fsp3) is 0.100. The molecule has 31 heavy (non-hydrogen) atoms. The molecule has 2 aromatic carbocycles. The van der Waals surface area contributed by atoms with Crippen LogP contribution in [0.4, 0.5) is 9.57 Å². The summed E-state index contributed by atoms with van der Waals surface area (Å²) in [7, 11) is -4.73. The van der Waals surface area contributed by atoms with Crippen LogP contribution < -0.4 is 14.4 Å². The number of aliphatic imine (C=N–C) groups is 1. The average Bonchev–Trinajstić information content (AvgIpc) is 2.69. The van der Waals surface area contributed by atoms with Crippen molar-refractivity contribution in [1.29, 1.82) is 0 Å². The van der Waals surface area contributed by atoms with Crippen molar-refractivity contribution < 1.29 is 26.7 Å². The van der Waals surface area contributed by atoms with E-state index in [9.17, 15) is 17.4 Å². The molecular weight excluding hydrogens is 534 g/mol. The Bertz CT molecular complexity index is 1190. The Morgan fingerprint density at radius 2 is 1.81 bits per heavy atom. The lowest BCUT2D eigenvalue weighted by Gasteiger charge is -2.12. The van der Waals surface area contributed by atoms with Crippen LogP contribution in [0.25, 0.3) is 0 Å². The molecule has 11 heteroatoms. The van der Waals surface area contributed by atoms with Gasteiger partial charge in [-0.15, -0.1) is 20.9 Å². The number of halogens is 4. The molecule has 0 saturated carbocycles. The van der Waals surface area contributed by atoms with E-state index < -0.39 is 21.0 Å². The lowest BCUT2D eigenvalue weighted by atomic mass is 10.2. The third-order valence-corrected chi connectivity index (χ3v) is 5.49. The largest absolute Gasteiger partial charge is 0.859 e. The maximum absolute atomic E-state index is 13.0. The van der Waals surface area contributed by atoms with E-state index in [4.69, 9.17) is 27.9 Å². The molecule has 0 aliphatic heterocycles. The molecule has 6 nitrogen and oxygen atoms in total. The van der Waals surface area contributed by atoms with Crippen LogP contribution in [0.3, 0.4) is 0 Å². The summed E-state index contributed by atoms with van der Waals surface area (Å²) in [5.74, 6) is -0.0915. The van der Waals surface area contributed by atoms with Crippen LogP contribution in [0, 0.1) is 0 Å². The molecule has 0 aliphatic carbocycles. The van der Waals surface area contributed by atoms with Gasteiger partial charge in [0, 0.05) is 23.6 Å². The number of aromatic nitrogens is 1. The van der Waals surface area contributed by atoms with Crippen molar-refractivity contribution in [1.82, 2.24) is 0 Å². The van der Waals surface area contributed by atoms with E-state index in [0.717, 1.165) is 5.56 Å². The van der Waals surface area contributed by atoms with Gasteiger partial charge in [-0.1, -0.05) is 35.3 Å². The highest BCUT2D eigenvalue weighted by Crippen LogP contribution is 2.26. The van der Waals surface area contributed by atoms with E-state index in [1.807, 2.05) is 0 Å². The summed E-state index contributed by atoms with van der Waals surface area (Å²) < 4.78 is 41.9. The fourth-order valence-corrected chi connectivity index (χ4v) is 3.28. The highest BCUT2D eigenvalue weighted by Gasteiger charge is 2.12. The molecule has 0 spiro atoms. The van der Waals surface area contributed by atoms with Gasteiger partial charge in [0.05, 0.1) is 14.9 Å². The second kappa shape index (κ2) is 10.9. The normalized spacial score (nSPS) is 11.6. The monoisotopic (exact) mass is 548 g/mol. The molecule has 0 atom stereocenters. The Kier molecular flexibility index (Phi) is 8.81.